The Labute approximate surface area is 119 Å². The molecule has 3 rings (SSSR count). The molecule has 1 saturated carbocycles. The molecule has 2 fully saturated rings. The molecule has 1 aliphatic carbocycles. The number of hydrogen-bond donors (Lipinski definition) is 1. The van der Waals surface area contributed by atoms with Crippen LogP contribution in [0.1, 0.15) is 44.2 Å². The Bertz CT molecular complexity index is 474. The lowest BCUT2D eigenvalue weighted by Gasteiger charge is -2.45. The highest BCUT2D eigenvalue weighted by Crippen LogP contribution is 2.37. The van der Waals surface area contributed by atoms with Gasteiger partial charge in [-0.25, -0.2) is 9.97 Å². The van der Waals surface area contributed by atoms with Gasteiger partial charge in [-0.2, -0.15) is 0 Å². The Morgan fingerprint density at radius 1 is 1.16 bits per heavy atom. The maximum Gasteiger partial charge on any atom is 0.157 e. The molecule has 0 amide bonds. The van der Waals surface area contributed by atoms with E-state index in [1.807, 2.05) is 0 Å². The fraction of sp³-hybridized carbons (Fsp3) is 0.643. The third-order valence-electron chi connectivity index (χ3n) is 4.43. The van der Waals surface area contributed by atoms with E-state index in [-0.39, 0.29) is 0 Å². The van der Waals surface area contributed by atoms with Crippen LogP contribution in [0.2, 0.25) is 0 Å². The molecule has 102 valence electrons. The van der Waals surface area contributed by atoms with Crippen LogP contribution in [-0.4, -0.2) is 27.5 Å². The van der Waals surface area contributed by atoms with Gasteiger partial charge < -0.3 is 10.6 Å². The lowest BCUT2D eigenvalue weighted by Crippen LogP contribution is -2.48. The number of thiocarbonyl (C=S) groups is 1. The summed E-state index contributed by atoms with van der Waals surface area (Å²) >= 11 is 5.11. The van der Waals surface area contributed by atoms with E-state index in [0.29, 0.717) is 16.7 Å². The van der Waals surface area contributed by atoms with E-state index in [2.05, 4.69) is 14.9 Å². The third kappa shape index (κ3) is 2.43. The Morgan fingerprint density at radius 3 is 2.74 bits per heavy atom. The smallest absolute Gasteiger partial charge is 0.157 e. The first-order valence-corrected chi connectivity index (χ1v) is 7.55. The van der Waals surface area contributed by atoms with Crippen LogP contribution in [0.25, 0.3) is 0 Å². The first-order valence-electron chi connectivity index (χ1n) is 7.15. The normalized spacial score (nSPS) is 26.8. The van der Waals surface area contributed by atoms with Crippen LogP contribution in [0.3, 0.4) is 0 Å². The number of anilines is 1. The van der Waals surface area contributed by atoms with Gasteiger partial charge in [0.05, 0.1) is 0 Å². The van der Waals surface area contributed by atoms with Crippen LogP contribution in [0.4, 0.5) is 5.82 Å². The zero-order valence-electron chi connectivity index (χ0n) is 11.1. The summed E-state index contributed by atoms with van der Waals surface area (Å²) in [5.74, 6) is 1.70. The van der Waals surface area contributed by atoms with Crippen molar-refractivity contribution in [3.63, 3.8) is 0 Å². The minimum atomic E-state index is 0.348. The maximum atomic E-state index is 5.79. The summed E-state index contributed by atoms with van der Waals surface area (Å²) in [5, 5.41) is 0. The topological polar surface area (TPSA) is 55.0 Å². The summed E-state index contributed by atoms with van der Waals surface area (Å²) < 4.78 is 0. The molecule has 5 heteroatoms. The second-order valence-corrected chi connectivity index (χ2v) is 5.98. The second-order valence-electron chi connectivity index (χ2n) is 5.54. The molecule has 19 heavy (non-hydrogen) atoms. The van der Waals surface area contributed by atoms with Crippen molar-refractivity contribution in [1.29, 1.82) is 0 Å². The van der Waals surface area contributed by atoms with E-state index >= 15 is 0 Å². The first kappa shape index (κ1) is 12.8. The molecule has 2 atom stereocenters. The van der Waals surface area contributed by atoms with E-state index in [4.69, 9.17) is 18.0 Å². The van der Waals surface area contributed by atoms with E-state index in [1.165, 1.54) is 38.5 Å². The van der Waals surface area contributed by atoms with Gasteiger partial charge in [-0.3, -0.25) is 0 Å². The van der Waals surface area contributed by atoms with Crippen molar-refractivity contribution in [3.05, 3.63) is 18.1 Å². The summed E-state index contributed by atoms with van der Waals surface area (Å²) in [4.78, 5) is 11.6. The number of nitrogens with two attached hydrogens (primary N) is 1. The third-order valence-corrected chi connectivity index (χ3v) is 4.62. The van der Waals surface area contributed by atoms with E-state index in [9.17, 15) is 0 Å². The predicted octanol–water partition coefficient (Wildman–Crippen LogP) is 2.27. The largest absolute Gasteiger partial charge is 0.388 e. The molecule has 1 saturated heterocycles. The van der Waals surface area contributed by atoms with E-state index < -0.39 is 0 Å². The SMILES string of the molecule is NC(=S)c1nccnc1N1CCC[C@H]2CCCC[C@H]21. The Kier molecular flexibility index (Phi) is 3.64. The van der Waals surface area contributed by atoms with Gasteiger partial charge in [-0.05, 0) is 31.6 Å². The molecule has 2 N–H and O–H groups in total. The highest BCUT2D eigenvalue weighted by molar-refractivity contribution is 7.80. The number of nitrogens with zero attached hydrogens (tertiary/aromatic N) is 3. The molecule has 0 spiro atoms. The molecule has 1 aromatic heterocycles. The van der Waals surface area contributed by atoms with Crippen LogP contribution in [0.15, 0.2) is 12.4 Å². The van der Waals surface area contributed by atoms with E-state index in [1.54, 1.807) is 12.4 Å². The summed E-state index contributed by atoms with van der Waals surface area (Å²) in [6, 6.07) is 0.604. The zero-order valence-corrected chi connectivity index (χ0v) is 11.9. The van der Waals surface area contributed by atoms with E-state index in [0.717, 1.165) is 18.3 Å². The molecule has 0 bridgehead atoms. The standard InChI is InChI=1S/C14H20N4S/c15-13(19)12-14(17-8-7-16-12)18-9-3-5-10-4-1-2-6-11(10)18/h7-8,10-11H,1-6,9H2,(H2,15,19)/t10-,11-/m1/s1. The minimum absolute atomic E-state index is 0.348. The molecule has 0 aromatic carbocycles. The average molecular weight is 276 g/mol. The minimum Gasteiger partial charge on any atom is -0.388 e. The predicted molar refractivity (Wildman–Crippen MR) is 80.2 cm³/mol. The van der Waals surface area contributed by atoms with Crippen LogP contribution >= 0.6 is 12.2 Å². The molecule has 1 aliphatic heterocycles. The molecule has 1 aromatic rings. The number of aromatic nitrogens is 2. The molecular weight excluding hydrogens is 256 g/mol. The first-order chi connectivity index (χ1) is 9.27. The molecule has 4 nitrogen and oxygen atoms in total. The monoisotopic (exact) mass is 276 g/mol. The van der Waals surface area contributed by atoms with Gasteiger partial charge in [0.2, 0.25) is 0 Å². The summed E-state index contributed by atoms with van der Waals surface area (Å²) in [6.07, 6.45) is 11.3. The molecule has 0 unspecified atom stereocenters. The van der Waals surface area contributed by atoms with Crippen molar-refractivity contribution in [2.75, 3.05) is 11.4 Å². The Hall–Kier alpha value is -1.23. The van der Waals surface area contributed by atoms with Gasteiger partial charge in [-0.15, -0.1) is 0 Å². The quantitative estimate of drug-likeness (QED) is 0.840. The maximum absolute atomic E-state index is 5.79. The average Bonchev–Trinajstić information content (AvgIpc) is 2.46. The van der Waals surface area contributed by atoms with Crippen molar-refractivity contribution in [2.45, 2.75) is 44.6 Å². The summed E-state index contributed by atoms with van der Waals surface area (Å²) in [5.41, 5.74) is 6.48. The number of fused-ring (bicyclic) bond motifs is 1. The fourth-order valence-electron chi connectivity index (χ4n) is 3.60. The Balaban J connectivity index is 1.94. The van der Waals surface area contributed by atoms with Crippen LogP contribution in [0.5, 0.6) is 0 Å². The van der Waals surface area contributed by atoms with Crippen molar-refractivity contribution >= 4 is 23.0 Å². The van der Waals surface area contributed by atoms with Gasteiger partial charge >= 0.3 is 0 Å². The molecule has 2 aliphatic rings. The number of piperidine rings is 1. The fourth-order valence-corrected chi connectivity index (χ4v) is 3.75. The van der Waals surface area contributed by atoms with Crippen molar-refractivity contribution in [1.82, 2.24) is 9.97 Å². The Morgan fingerprint density at radius 2 is 1.89 bits per heavy atom. The van der Waals surface area contributed by atoms with Crippen molar-refractivity contribution in [2.24, 2.45) is 11.7 Å². The van der Waals surface area contributed by atoms with Gasteiger partial charge in [-0.1, -0.05) is 25.1 Å². The van der Waals surface area contributed by atoms with Crippen molar-refractivity contribution in [3.8, 4) is 0 Å². The van der Waals surface area contributed by atoms with Gasteiger partial charge in [0.25, 0.3) is 0 Å². The van der Waals surface area contributed by atoms with Gasteiger partial charge in [0, 0.05) is 25.0 Å². The number of rotatable bonds is 2. The van der Waals surface area contributed by atoms with Crippen LogP contribution < -0.4 is 10.6 Å². The van der Waals surface area contributed by atoms with Gasteiger partial charge in [0.15, 0.2) is 5.82 Å². The van der Waals surface area contributed by atoms with Crippen molar-refractivity contribution < 1.29 is 0 Å². The summed E-state index contributed by atoms with van der Waals surface area (Å²) in [7, 11) is 0. The van der Waals surface area contributed by atoms with Gasteiger partial charge in [0.1, 0.15) is 10.7 Å². The molecule has 2 heterocycles. The summed E-state index contributed by atoms with van der Waals surface area (Å²) in [6.45, 7) is 1.05. The zero-order chi connectivity index (χ0) is 13.2. The van der Waals surface area contributed by atoms with Crippen LogP contribution in [0, 0.1) is 5.92 Å². The lowest BCUT2D eigenvalue weighted by atomic mass is 9.78. The molecule has 0 radical (unpaired) electrons. The van der Waals surface area contributed by atoms with Crippen LogP contribution in [-0.2, 0) is 0 Å². The molecular formula is C14H20N4S. The number of hydrogen-bond acceptors (Lipinski definition) is 4. The lowest BCUT2D eigenvalue weighted by molar-refractivity contribution is 0.242. The highest BCUT2D eigenvalue weighted by Gasteiger charge is 2.35. The second kappa shape index (κ2) is 5.41. The highest BCUT2D eigenvalue weighted by atomic mass is 32.1.